The minimum Gasteiger partial charge on any atom is -0.497 e. The quantitative estimate of drug-likeness (QED) is 0.766. The topological polar surface area (TPSA) is 35.5 Å². The first-order valence-electron chi connectivity index (χ1n) is 6.24. The Morgan fingerprint density at radius 2 is 2.28 bits per heavy atom. The monoisotopic (exact) mass is 246 g/mol. The number of benzene rings is 1. The number of carbonyl (C=O) groups excluding carboxylic acids is 1. The molecule has 0 fully saturated rings. The van der Waals surface area contributed by atoms with Crippen molar-refractivity contribution in [1.82, 2.24) is 0 Å². The summed E-state index contributed by atoms with van der Waals surface area (Å²) < 4.78 is 10.3. The van der Waals surface area contributed by atoms with Gasteiger partial charge in [0.15, 0.2) is 0 Å². The van der Waals surface area contributed by atoms with Crippen LogP contribution in [0.15, 0.2) is 30.3 Å². The predicted octanol–water partition coefficient (Wildman–Crippen LogP) is 3.05. The van der Waals surface area contributed by atoms with Gasteiger partial charge in [0.2, 0.25) is 0 Å². The van der Waals surface area contributed by atoms with Crippen LogP contribution in [-0.4, -0.2) is 19.7 Å². The second-order valence-corrected chi connectivity index (χ2v) is 4.35. The third-order valence-corrected chi connectivity index (χ3v) is 3.18. The first-order chi connectivity index (χ1) is 8.74. The van der Waals surface area contributed by atoms with Crippen molar-refractivity contribution < 1.29 is 14.3 Å². The van der Waals surface area contributed by atoms with Crippen LogP contribution < -0.4 is 4.74 Å². The van der Waals surface area contributed by atoms with Crippen LogP contribution in [0.5, 0.6) is 5.75 Å². The number of rotatable bonds is 4. The van der Waals surface area contributed by atoms with E-state index < -0.39 is 0 Å². The molecule has 0 saturated heterocycles. The molecule has 0 heterocycles. The van der Waals surface area contributed by atoms with Gasteiger partial charge in [-0.15, -0.1) is 0 Å². The van der Waals surface area contributed by atoms with E-state index in [1.54, 1.807) is 7.11 Å². The van der Waals surface area contributed by atoms with Gasteiger partial charge < -0.3 is 9.47 Å². The summed E-state index contributed by atoms with van der Waals surface area (Å²) in [5, 5.41) is 0. The maximum atomic E-state index is 11.7. The number of allylic oxidation sites excluding steroid dienone is 2. The number of hydrogen-bond donors (Lipinski definition) is 0. The van der Waals surface area contributed by atoms with Crippen molar-refractivity contribution in [3.63, 3.8) is 0 Å². The Bertz CT molecular complexity index is 463. The van der Waals surface area contributed by atoms with Crippen molar-refractivity contribution in [2.24, 2.45) is 5.92 Å². The van der Waals surface area contributed by atoms with Gasteiger partial charge in [0.05, 0.1) is 19.6 Å². The van der Waals surface area contributed by atoms with Gasteiger partial charge in [-0.05, 0) is 43.0 Å². The smallest absolute Gasteiger partial charge is 0.309 e. The summed E-state index contributed by atoms with van der Waals surface area (Å²) in [6, 6.07) is 7.93. The molecular formula is C15H18O3. The first kappa shape index (κ1) is 12.7. The van der Waals surface area contributed by atoms with E-state index in [-0.39, 0.29) is 11.9 Å². The van der Waals surface area contributed by atoms with Crippen LogP contribution in [0.4, 0.5) is 0 Å². The van der Waals surface area contributed by atoms with Crippen LogP contribution in [0.25, 0.3) is 5.57 Å². The minimum absolute atomic E-state index is 0.0221. The molecule has 0 radical (unpaired) electrons. The third-order valence-electron chi connectivity index (χ3n) is 3.18. The Morgan fingerprint density at radius 3 is 3.00 bits per heavy atom. The molecule has 0 N–H and O–H groups in total. The zero-order chi connectivity index (χ0) is 13.0. The van der Waals surface area contributed by atoms with E-state index in [2.05, 4.69) is 6.08 Å². The first-order valence-corrected chi connectivity index (χ1v) is 6.24. The van der Waals surface area contributed by atoms with E-state index in [1.807, 2.05) is 31.2 Å². The molecule has 0 aliphatic heterocycles. The Balaban J connectivity index is 2.05. The highest BCUT2D eigenvalue weighted by Crippen LogP contribution is 2.34. The van der Waals surface area contributed by atoms with Crippen molar-refractivity contribution in [1.29, 1.82) is 0 Å². The zero-order valence-corrected chi connectivity index (χ0v) is 10.8. The van der Waals surface area contributed by atoms with Crippen LogP contribution in [0.2, 0.25) is 0 Å². The van der Waals surface area contributed by atoms with Crippen LogP contribution in [0.1, 0.15) is 25.3 Å². The van der Waals surface area contributed by atoms with Gasteiger partial charge in [0.1, 0.15) is 5.75 Å². The Hall–Kier alpha value is -1.77. The maximum Gasteiger partial charge on any atom is 0.309 e. The highest BCUT2D eigenvalue weighted by Gasteiger charge is 2.25. The molecule has 3 heteroatoms. The number of esters is 1. The fourth-order valence-electron chi connectivity index (χ4n) is 2.21. The number of hydrogen-bond acceptors (Lipinski definition) is 3. The van der Waals surface area contributed by atoms with Crippen LogP contribution in [-0.2, 0) is 9.53 Å². The fourth-order valence-corrected chi connectivity index (χ4v) is 2.21. The van der Waals surface area contributed by atoms with E-state index >= 15 is 0 Å². The zero-order valence-electron chi connectivity index (χ0n) is 10.8. The largest absolute Gasteiger partial charge is 0.497 e. The molecule has 1 unspecified atom stereocenters. The normalized spacial score (nSPS) is 18.3. The average molecular weight is 246 g/mol. The van der Waals surface area contributed by atoms with Gasteiger partial charge in [0.25, 0.3) is 0 Å². The number of methoxy groups -OCH3 is 1. The summed E-state index contributed by atoms with van der Waals surface area (Å²) in [7, 11) is 1.66. The molecule has 96 valence electrons. The summed E-state index contributed by atoms with van der Waals surface area (Å²) in [5.74, 6) is 0.728. The third kappa shape index (κ3) is 2.73. The van der Waals surface area contributed by atoms with Crippen LogP contribution in [0, 0.1) is 5.92 Å². The maximum absolute atomic E-state index is 11.7. The van der Waals surface area contributed by atoms with Crippen molar-refractivity contribution in [2.45, 2.75) is 19.8 Å². The van der Waals surface area contributed by atoms with Gasteiger partial charge in [-0.25, -0.2) is 0 Å². The number of ether oxygens (including phenoxy) is 2. The van der Waals surface area contributed by atoms with Crippen LogP contribution in [0.3, 0.4) is 0 Å². The Kier molecular flexibility index (Phi) is 4.03. The van der Waals surface area contributed by atoms with Gasteiger partial charge in [0, 0.05) is 0 Å². The van der Waals surface area contributed by atoms with E-state index in [1.165, 1.54) is 5.57 Å². The highest BCUT2D eigenvalue weighted by molar-refractivity contribution is 5.80. The SMILES string of the molecule is CCOC(=O)C1CC=C(c2cccc(OC)c2)C1. The molecule has 0 spiro atoms. The number of carbonyl (C=O) groups is 1. The molecule has 1 aromatic rings. The van der Waals surface area contributed by atoms with E-state index in [0.29, 0.717) is 6.61 Å². The van der Waals surface area contributed by atoms with Crippen LogP contribution >= 0.6 is 0 Å². The lowest BCUT2D eigenvalue weighted by Gasteiger charge is -2.10. The molecule has 0 bridgehead atoms. The molecule has 1 aromatic carbocycles. The van der Waals surface area contributed by atoms with Crippen molar-refractivity contribution in [3.05, 3.63) is 35.9 Å². The van der Waals surface area contributed by atoms with E-state index in [4.69, 9.17) is 9.47 Å². The molecule has 1 aliphatic carbocycles. The van der Waals surface area contributed by atoms with Crippen molar-refractivity contribution in [2.75, 3.05) is 13.7 Å². The molecular weight excluding hydrogens is 228 g/mol. The fraction of sp³-hybridized carbons (Fsp3) is 0.400. The average Bonchev–Trinajstić information content (AvgIpc) is 2.89. The molecule has 1 atom stereocenters. The van der Waals surface area contributed by atoms with Gasteiger partial charge in [-0.1, -0.05) is 18.2 Å². The Labute approximate surface area is 107 Å². The highest BCUT2D eigenvalue weighted by atomic mass is 16.5. The van der Waals surface area contributed by atoms with Crippen molar-refractivity contribution >= 4 is 11.5 Å². The standard InChI is InChI=1S/C15H18O3/c1-3-18-15(16)13-8-7-12(9-13)11-5-4-6-14(10-11)17-2/h4-7,10,13H,3,8-9H2,1-2H3. The molecule has 18 heavy (non-hydrogen) atoms. The van der Waals surface area contributed by atoms with E-state index in [0.717, 1.165) is 24.2 Å². The van der Waals surface area contributed by atoms with Crippen molar-refractivity contribution in [3.8, 4) is 5.75 Å². The molecule has 2 rings (SSSR count). The predicted molar refractivity (Wildman–Crippen MR) is 70.3 cm³/mol. The second kappa shape index (κ2) is 5.71. The van der Waals surface area contributed by atoms with E-state index in [9.17, 15) is 4.79 Å². The lowest BCUT2D eigenvalue weighted by molar-refractivity contribution is -0.147. The molecule has 0 saturated carbocycles. The summed E-state index contributed by atoms with van der Waals surface area (Å²) in [6.07, 6.45) is 3.65. The minimum atomic E-state index is -0.0911. The molecule has 0 amide bonds. The van der Waals surface area contributed by atoms with Gasteiger partial charge in [-0.3, -0.25) is 4.79 Å². The lowest BCUT2D eigenvalue weighted by Crippen LogP contribution is -2.14. The lowest BCUT2D eigenvalue weighted by atomic mass is 10.0. The molecule has 1 aliphatic rings. The molecule has 0 aromatic heterocycles. The summed E-state index contributed by atoms with van der Waals surface area (Å²) in [4.78, 5) is 11.7. The van der Waals surface area contributed by atoms with Gasteiger partial charge >= 0.3 is 5.97 Å². The summed E-state index contributed by atoms with van der Waals surface area (Å²) in [5.41, 5.74) is 2.33. The summed E-state index contributed by atoms with van der Waals surface area (Å²) in [6.45, 7) is 2.28. The van der Waals surface area contributed by atoms with Gasteiger partial charge in [-0.2, -0.15) is 0 Å². The summed E-state index contributed by atoms with van der Waals surface area (Å²) >= 11 is 0. The second-order valence-electron chi connectivity index (χ2n) is 4.35. The Morgan fingerprint density at radius 1 is 1.44 bits per heavy atom. The molecule has 3 nitrogen and oxygen atoms in total.